The summed E-state index contributed by atoms with van der Waals surface area (Å²) in [6, 6.07) is 4.44. The van der Waals surface area contributed by atoms with Gasteiger partial charge in [0.05, 0.1) is 0 Å². The van der Waals surface area contributed by atoms with Gasteiger partial charge >= 0.3 is 0 Å². The number of aldehydes is 1. The third kappa shape index (κ3) is 2.40. The van der Waals surface area contributed by atoms with E-state index < -0.39 is 5.66 Å². The molecule has 1 atom stereocenters. The first-order chi connectivity index (χ1) is 7.00. The molecule has 1 aliphatic carbocycles. The Labute approximate surface area is 89.1 Å². The highest BCUT2D eigenvalue weighted by atomic mass is 31.0. The monoisotopic (exact) mass is 228 g/mol. The Balaban J connectivity index is 2.45. The van der Waals surface area contributed by atoms with Crippen LogP contribution in [0, 0.1) is 0 Å². The highest BCUT2D eigenvalue weighted by Crippen LogP contribution is 2.43. The van der Waals surface area contributed by atoms with Crippen molar-refractivity contribution in [2.75, 3.05) is 0 Å². The third-order valence-electron chi connectivity index (χ3n) is 2.55. The maximum Gasteiger partial charge on any atom is 0.283 e. The quantitative estimate of drug-likeness (QED) is 0.573. The van der Waals surface area contributed by atoms with Gasteiger partial charge in [-0.05, 0) is 42.5 Å². The normalized spacial score (nSPS) is 16.5. The molecule has 80 valence electrons. The third-order valence-corrected chi connectivity index (χ3v) is 2.88. The van der Waals surface area contributed by atoms with Crippen molar-refractivity contribution in [1.82, 2.24) is 0 Å². The second-order valence-electron chi connectivity index (χ2n) is 3.90. The molecule has 1 fully saturated rings. The summed E-state index contributed by atoms with van der Waals surface area (Å²) in [5, 5.41) is 0. The molecule has 2 rings (SSSR count). The molecule has 1 unspecified atom stereocenters. The summed E-state index contributed by atoms with van der Waals surface area (Å²) in [6.07, 6.45) is 2.68. The Kier molecular flexibility index (Phi) is 2.59. The van der Waals surface area contributed by atoms with Crippen molar-refractivity contribution in [3.05, 3.63) is 34.9 Å². The molecular weight excluding hydrogens is 217 g/mol. The van der Waals surface area contributed by atoms with E-state index in [1.807, 2.05) is 0 Å². The van der Waals surface area contributed by atoms with E-state index in [0.717, 1.165) is 18.4 Å². The van der Waals surface area contributed by atoms with Crippen LogP contribution in [-0.2, 0) is 5.66 Å². The number of benzene rings is 1. The smallest absolute Gasteiger partial charge is 0.283 e. The van der Waals surface area contributed by atoms with Crippen LogP contribution in [-0.4, -0.2) is 6.29 Å². The van der Waals surface area contributed by atoms with E-state index in [0.29, 0.717) is 17.8 Å². The van der Waals surface area contributed by atoms with E-state index in [4.69, 9.17) is 0 Å². The minimum absolute atomic E-state index is 0.0981. The number of hydrogen-bond acceptors (Lipinski definition) is 1. The van der Waals surface area contributed by atoms with E-state index in [1.54, 1.807) is 6.07 Å². The molecule has 0 spiro atoms. The minimum atomic E-state index is -2.96. The Morgan fingerprint density at radius 3 is 2.47 bits per heavy atom. The van der Waals surface area contributed by atoms with E-state index >= 15 is 0 Å². The molecule has 1 aromatic carbocycles. The van der Waals surface area contributed by atoms with Crippen molar-refractivity contribution in [2.24, 2.45) is 0 Å². The molecule has 15 heavy (non-hydrogen) atoms. The van der Waals surface area contributed by atoms with Crippen LogP contribution >= 0.6 is 9.24 Å². The molecule has 4 heteroatoms. The first kappa shape index (κ1) is 10.7. The van der Waals surface area contributed by atoms with Crippen LogP contribution in [0.1, 0.15) is 40.2 Å². The summed E-state index contributed by atoms with van der Waals surface area (Å²) in [6.45, 7) is 0. The van der Waals surface area contributed by atoms with Crippen LogP contribution in [0.3, 0.4) is 0 Å². The maximum absolute atomic E-state index is 13.1. The van der Waals surface area contributed by atoms with Crippen molar-refractivity contribution in [3.63, 3.8) is 0 Å². The van der Waals surface area contributed by atoms with Crippen molar-refractivity contribution in [1.29, 1.82) is 0 Å². The standard InChI is InChI=1S/C11H11F2OP/c12-11(13,15)10-4-7(6-14)3-9(5-10)8-1-2-8/h3-6,8H,1-2,15H2. The fourth-order valence-corrected chi connectivity index (χ4v) is 1.76. The fraction of sp³-hybridized carbons (Fsp3) is 0.364. The van der Waals surface area contributed by atoms with Crippen LogP contribution in [0.5, 0.6) is 0 Å². The zero-order valence-corrected chi connectivity index (χ0v) is 9.20. The van der Waals surface area contributed by atoms with Gasteiger partial charge in [0.2, 0.25) is 0 Å². The Morgan fingerprint density at radius 2 is 2.00 bits per heavy atom. The van der Waals surface area contributed by atoms with Gasteiger partial charge in [-0.25, -0.2) is 0 Å². The summed E-state index contributed by atoms with van der Waals surface area (Å²) in [4.78, 5) is 10.6. The Morgan fingerprint density at radius 1 is 1.33 bits per heavy atom. The van der Waals surface area contributed by atoms with Gasteiger partial charge in [0, 0.05) is 11.1 Å². The molecule has 1 nitrogen and oxygen atoms in total. The minimum Gasteiger partial charge on any atom is -0.298 e. The second kappa shape index (κ2) is 3.64. The van der Waals surface area contributed by atoms with Crippen molar-refractivity contribution in [2.45, 2.75) is 24.4 Å². The highest BCUT2D eigenvalue weighted by Gasteiger charge is 2.29. The zero-order valence-electron chi connectivity index (χ0n) is 8.04. The average molecular weight is 228 g/mol. The first-order valence-electron chi connectivity index (χ1n) is 4.78. The lowest BCUT2D eigenvalue weighted by Gasteiger charge is -2.12. The molecule has 1 aliphatic rings. The molecule has 0 aliphatic heterocycles. The van der Waals surface area contributed by atoms with Crippen LogP contribution in [0.15, 0.2) is 18.2 Å². The molecule has 1 saturated carbocycles. The number of carbonyl (C=O) groups is 1. The van der Waals surface area contributed by atoms with Crippen LogP contribution in [0.2, 0.25) is 0 Å². The van der Waals surface area contributed by atoms with Gasteiger partial charge in [-0.1, -0.05) is 9.24 Å². The highest BCUT2D eigenvalue weighted by molar-refractivity contribution is 7.17. The fourth-order valence-electron chi connectivity index (χ4n) is 1.59. The molecular formula is C11H11F2OP. The molecule has 0 bridgehead atoms. The van der Waals surface area contributed by atoms with Crippen LogP contribution in [0.25, 0.3) is 0 Å². The van der Waals surface area contributed by atoms with E-state index in [1.165, 1.54) is 21.4 Å². The topological polar surface area (TPSA) is 17.1 Å². The molecule has 0 amide bonds. The van der Waals surface area contributed by atoms with E-state index in [-0.39, 0.29) is 5.56 Å². The number of halogens is 2. The number of rotatable bonds is 3. The molecule has 0 radical (unpaired) electrons. The summed E-state index contributed by atoms with van der Waals surface area (Å²) in [7, 11) is 1.50. The van der Waals surface area contributed by atoms with Gasteiger partial charge in [0.25, 0.3) is 5.66 Å². The molecule has 0 heterocycles. The van der Waals surface area contributed by atoms with Crippen LogP contribution in [0.4, 0.5) is 8.78 Å². The summed E-state index contributed by atoms with van der Waals surface area (Å²) < 4.78 is 26.2. The molecule has 0 aromatic heterocycles. The van der Waals surface area contributed by atoms with Gasteiger partial charge in [-0.2, -0.15) is 8.78 Å². The number of alkyl halides is 2. The van der Waals surface area contributed by atoms with Gasteiger partial charge in [0.15, 0.2) is 0 Å². The van der Waals surface area contributed by atoms with Crippen LogP contribution < -0.4 is 0 Å². The predicted octanol–water partition coefficient (Wildman–Crippen LogP) is 3.30. The SMILES string of the molecule is O=Cc1cc(C2CC2)cc(C(F)(F)P)c1. The lowest BCUT2D eigenvalue weighted by Crippen LogP contribution is -2.04. The molecule has 0 N–H and O–H groups in total. The van der Waals surface area contributed by atoms with Crippen molar-refractivity contribution < 1.29 is 13.6 Å². The summed E-state index contributed by atoms with van der Waals surface area (Å²) in [5.41, 5.74) is -1.87. The number of carbonyl (C=O) groups excluding carboxylic acids is 1. The van der Waals surface area contributed by atoms with Crippen molar-refractivity contribution in [3.8, 4) is 0 Å². The predicted molar refractivity (Wildman–Crippen MR) is 57.4 cm³/mol. The summed E-state index contributed by atoms with van der Waals surface area (Å²) >= 11 is 0. The number of hydrogen-bond donors (Lipinski definition) is 0. The first-order valence-corrected chi connectivity index (χ1v) is 5.36. The lowest BCUT2D eigenvalue weighted by molar-refractivity contribution is 0.103. The Hall–Kier alpha value is -0.820. The van der Waals surface area contributed by atoms with Crippen molar-refractivity contribution >= 4 is 15.5 Å². The van der Waals surface area contributed by atoms with E-state index in [9.17, 15) is 13.6 Å². The Bertz CT molecular complexity index is 394. The average Bonchev–Trinajstić information content (AvgIpc) is 2.99. The van der Waals surface area contributed by atoms with Gasteiger partial charge in [-0.3, -0.25) is 4.79 Å². The van der Waals surface area contributed by atoms with Gasteiger partial charge in [-0.15, -0.1) is 0 Å². The van der Waals surface area contributed by atoms with Gasteiger partial charge < -0.3 is 0 Å². The second-order valence-corrected chi connectivity index (χ2v) is 4.63. The molecule has 1 aromatic rings. The van der Waals surface area contributed by atoms with Gasteiger partial charge in [0.1, 0.15) is 6.29 Å². The lowest BCUT2D eigenvalue weighted by atomic mass is 10.0. The largest absolute Gasteiger partial charge is 0.298 e. The zero-order chi connectivity index (χ0) is 11.1. The summed E-state index contributed by atoms with van der Waals surface area (Å²) in [5.74, 6) is 0.371. The molecule has 0 saturated heterocycles. The van der Waals surface area contributed by atoms with E-state index in [2.05, 4.69) is 0 Å². The maximum atomic E-state index is 13.1.